The first-order chi connectivity index (χ1) is 15.7. The van der Waals surface area contributed by atoms with Crippen LogP contribution in [0.4, 0.5) is 11.4 Å². The summed E-state index contributed by atoms with van der Waals surface area (Å²) in [7, 11) is -3.76. The molecule has 0 atom stereocenters. The van der Waals surface area contributed by atoms with Gasteiger partial charge in [0, 0.05) is 25.0 Å². The van der Waals surface area contributed by atoms with Crippen molar-refractivity contribution in [2.75, 3.05) is 36.9 Å². The number of benzene rings is 2. The molecular formula is C21H19ClN4O6S. The van der Waals surface area contributed by atoms with Gasteiger partial charge in [-0.25, -0.2) is 13.2 Å². The lowest BCUT2D eigenvalue weighted by atomic mass is 10.2. The molecule has 0 unspecified atom stereocenters. The Morgan fingerprint density at radius 3 is 2.42 bits per heavy atom. The average molecular weight is 491 g/mol. The fourth-order valence-electron chi connectivity index (χ4n) is 2.90. The number of nitriles is 1. The van der Waals surface area contributed by atoms with Gasteiger partial charge >= 0.3 is 5.97 Å². The first-order valence-electron chi connectivity index (χ1n) is 9.61. The smallest absolute Gasteiger partial charge is 0.335 e. The molecule has 2 aromatic rings. The number of amides is 1. The van der Waals surface area contributed by atoms with Crippen molar-refractivity contribution in [2.24, 2.45) is 0 Å². The van der Waals surface area contributed by atoms with Crippen LogP contribution >= 0.6 is 11.6 Å². The number of anilines is 2. The van der Waals surface area contributed by atoms with Crippen LogP contribution in [0.15, 0.2) is 59.1 Å². The highest BCUT2D eigenvalue weighted by Gasteiger charge is 2.26. The lowest BCUT2D eigenvalue weighted by molar-refractivity contribution is -0.112. The lowest BCUT2D eigenvalue weighted by Crippen LogP contribution is -2.40. The largest absolute Gasteiger partial charge is 0.478 e. The molecule has 0 bridgehead atoms. The summed E-state index contributed by atoms with van der Waals surface area (Å²) in [5.41, 5.74) is 0.224. The Bertz CT molecular complexity index is 1230. The van der Waals surface area contributed by atoms with Crippen molar-refractivity contribution < 1.29 is 27.9 Å². The normalized spacial score (nSPS) is 14.8. The highest BCUT2D eigenvalue weighted by atomic mass is 35.5. The molecule has 2 aromatic carbocycles. The van der Waals surface area contributed by atoms with Gasteiger partial charge < -0.3 is 20.5 Å². The third-order valence-electron chi connectivity index (χ3n) is 4.67. The molecule has 0 aliphatic carbocycles. The maximum absolute atomic E-state index is 12.9. The molecule has 0 aromatic heterocycles. The zero-order chi connectivity index (χ0) is 24.0. The number of morpholine rings is 1. The SMILES string of the molecule is N#C/C(=C/Nc1cc(S(=O)(=O)N2CCOCC2)ccc1Cl)C(=O)Nc1ccc(C(=O)O)cc1. The van der Waals surface area contributed by atoms with Gasteiger partial charge in [0.25, 0.3) is 5.91 Å². The highest BCUT2D eigenvalue weighted by molar-refractivity contribution is 7.89. The predicted octanol–water partition coefficient (Wildman–Crippen LogP) is 2.52. The quantitative estimate of drug-likeness (QED) is 0.396. The van der Waals surface area contributed by atoms with Crippen LogP contribution in [0.3, 0.4) is 0 Å². The first kappa shape index (κ1) is 24.2. The number of aromatic carboxylic acids is 1. The number of hydrogen-bond donors (Lipinski definition) is 3. The number of hydrogen-bond acceptors (Lipinski definition) is 7. The van der Waals surface area contributed by atoms with Crippen LogP contribution in [0.2, 0.25) is 5.02 Å². The van der Waals surface area contributed by atoms with Gasteiger partial charge in [-0.1, -0.05) is 11.6 Å². The van der Waals surface area contributed by atoms with Gasteiger partial charge in [-0.15, -0.1) is 0 Å². The van der Waals surface area contributed by atoms with E-state index in [0.29, 0.717) is 18.9 Å². The summed E-state index contributed by atoms with van der Waals surface area (Å²) in [5, 5.41) is 23.6. The van der Waals surface area contributed by atoms with E-state index >= 15 is 0 Å². The van der Waals surface area contributed by atoms with Gasteiger partial charge in [0.2, 0.25) is 10.0 Å². The number of carbonyl (C=O) groups excluding carboxylic acids is 1. The van der Waals surface area contributed by atoms with Gasteiger partial charge in [0.15, 0.2) is 0 Å². The molecule has 1 aliphatic rings. The molecule has 12 heteroatoms. The molecule has 1 aliphatic heterocycles. The number of nitrogens with one attached hydrogen (secondary N) is 2. The fourth-order valence-corrected chi connectivity index (χ4v) is 4.51. The van der Waals surface area contributed by atoms with Gasteiger partial charge in [0.1, 0.15) is 11.6 Å². The zero-order valence-corrected chi connectivity index (χ0v) is 18.7. The summed E-state index contributed by atoms with van der Waals surface area (Å²) in [6.07, 6.45) is 1.10. The topological polar surface area (TPSA) is 149 Å². The molecule has 3 N–H and O–H groups in total. The van der Waals surface area contributed by atoms with Crippen LogP contribution < -0.4 is 10.6 Å². The Hall–Kier alpha value is -3.43. The number of ether oxygens (including phenoxy) is 1. The molecule has 3 rings (SSSR count). The van der Waals surface area contributed by atoms with Gasteiger partial charge in [-0.2, -0.15) is 9.57 Å². The molecule has 0 saturated carbocycles. The van der Waals surface area contributed by atoms with Crippen molar-refractivity contribution >= 4 is 44.9 Å². The van der Waals surface area contributed by atoms with E-state index in [2.05, 4.69) is 10.6 Å². The van der Waals surface area contributed by atoms with E-state index in [0.717, 1.165) is 6.20 Å². The van der Waals surface area contributed by atoms with Crippen molar-refractivity contribution in [1.82, 2.24) is 4.31 Å². The molecule has 0 radical (unpaired) electrons. The van der Waals surface area contributed by atoms with Gasteiger partial charge in [-0.3, -0.25) is 4.79 Å². The van der Waals surface area contributed by atoms with Crippen LogP contribution in [-0.4, -0.2) is 56.0 Å². The number of nitrogens with zero attached hydrogens (tertiary/aromatic N) is 2. The van der Waals surface area contributed by atoms with E-state index in [1.54, 1.807) is 6.07 Å². The first-order valence-corrected chi connectivity index (χ1v) is 11.4. The van der Waals surface area contributed by atoms with Crippen LogP contribution in [0.25, 0.3) is 0 Å². The molecule has 0 spiro atoms. The lowest BCUT2D eigenvalue weighted by Gasteiger charge is -2.26. The number of rotatable bonds is 7. The third kappa shape index (κ3) is 5.88. The highest BCUT2D eigenvalue weighted by Crippen LogP contribution is 2.27. The number of sulfonamides is 1. The molecule has 1 amide bonds. The molecule has 33 heavy (non-hydrogen) atoms. The number of carboxylic acid groups (broad SMARTS) is 1. The second kappa shape index (κ2) is 10.5. The number of carbonyl (C=O) groups is 2. The molecule has 1 saturated heterocycles. The Morgan fingerprint density at radius 1 is 1.15 bits per heavy atom. The van der Waals surface area contributed by atoms with E-state index in [9.17, 15) is 23.3 Å². The summed E-state index contributed by atoms with van der Waals surface area (Å²) in [4.78, 5) is 23.3. The standard InChI is InChI=1S/C21H19ClN4O6S/c22-18-6-5-17(33(30,31)26-7-9-32-10-8-26)11-19(18)24-13-15(12-23)20(27)25-16-3-1-14(2-4-16)21(28)29/h1-6,11,13,24H,7-10H2,(H,25,27)(H,28,29)/b15-13-. The van der Waals surface area contributed by atoms with Gasteiger partial charge in [-0.05, 0) is 42.5 Å². The van der Waals surface area contributed by atoms with E-state index in [4.69, 9.17) is 21.4 Å². The van der Waals surface area contributed by atoms with E-state index in [-0.39, 0.29) is 39.8 Å². The minimum atomic E-state index is -3.76. The third-order valence-corrected chi connectivity index (χ3v) is 6.90. The zero-order valence-electron chi connectivity index (χ0n) is 17.1. The Balaban J connectivity index is 1.76. The minimum absolute atomic E-state index is 0.00572. The Morgan fingerprint density at radius 2 is 1.82 bits per heavy atom. The monoisotopic (exact) mass is 490 g/mol. The van der Waals surface area contributed by atoms with E-state index < -0.39 is 21.9 Å². The van der Waals surface area contributed by atoms with Crippen LogP contribution in [0.5, 0.6) is 0 Å². The average Bonchev–Trinajstić information content (AvgIpc) is 2.81. The maximum Gasteiger partial charge on any atom is 0.335 e. The van der Waals surface area contributed by atoms with Crippen LogP contribution in [-0.2, 0) is 19.6 Å². The van der Waals surface area contributed by atoms with Crippen molar-refractivity contribution in [1.29, 1.82) is 5.26 Å². The fraction of sp³-hybridized carbons (Fsp3) is 0.190. The predicted molar refractivity (Wildman–Crippen MR) is 120 cm³/mol. The summed E-state index contributed by atoms with van der Waals surface area (Å²) < 4.78 is 32.2. The van der Waals surface area contributed by atoms with Gasteiger partial charge in [0.05, 0.1) is 34.4 Å². The summed E-state index contributed by atoms with van der Waals surface area (Å²) in [6, 6.07) is 11.2. The summed E-state index contributed by atoms with van der Waals surface area (Å²) in [6.45, 7) is 1.08. The molecule has 172 valence electrons. The van der Waals surface area contributed by atoms with Crippen molar-refractivity contribution in [2.45, 2.75) is 4.90 Å². The molecular weight excluding hydrogens is 472 g/mol. The van der Waals surface area contributed by atoms with Crippen molar-refractivity contribution in [3.63, 3.8) is 0 Å². The second-order valence-corrected chi connectivity index (χ2v) is 9.15. The van der Waals surface area contributed by atoms with E-state index in [1.807, 2.05) is 0 Å². The Labute approximate surface area is 195 Å². The Kier molecular flexibility index (Phi) is 7.67. The molecule has 1 fully saturated rings. The second-order valence-electron chi connectivity index (χ2n) is 6.81. The van der Waals surface area contributed by atoms with Crippen molar-refractivity contribution in [3.8, 4) is 6.07 Å². The molecule has 1 heterocycles. The van der Waals surface area contributed by atoms with E-state index in [1.165, 1.54) is 46.8 Å². The minimum Gasteiger partial charge on any atom is -0.478 e. The van der Waals surface area contributed by atoms with Crippen LogP contribution in [0, 0.1) is 11.3 Å². The summed E-state index contributed by atoms with van der Waals surface area (Å²) in [5.74, 6) is -1.86. The maximum atomic E-state index is 12.9. The number of halogens is 1. The summed E-state index contributed by atoms with van der Waals surface area (Å²) >= 11 is 6.16. The molecule has 10 nitrogen and oxygen atoms in total. The van der Waals surface area contributed by atoms with Crippen LogP contribution in [0.1, 0.15) is 10.4 Å². The number of carboxylic acids is 1. The van der Waals surface area contributed by atoms with Crippen molar-refractivity contribution in [3.05, 3.63) is 64.8 Å².